The van der Waals surface area contributed by atoms with Crippen molar-refractivity contribution >= 4 is 21.9 Å². The number of ether oxygens (including phenoxy) is 1. The summed E-state index contributed by atoms with van der Waals surface area (Å²) in [6.07, 6.45) is 3.61. The molecule has 2 nitrogen and oxygen atoms in total. The molecule has 1 fully saturated rings. The zero-order valence-electron chi connectivity index (χ0n) is 8.63. The Morgan fingerprint density at radius 2 is 1.93 bits per heavy atom. The van der Waals surface area contributed by atoms with Gasteiger partial charge in [0.05, 0.1) is 17.0 Å². The van der Waals surface area contributed by atoms with Crippen molar-refractivity contribution in [3.63, 3.8) is 0 Å². The Hall–Kier alpha value is -0.830. The van der Waals surface area contributed by atoms with Gasteiger partial charge in [0.25, 0.3) is 0 Å². The van der Waals surface area contributed by atoms with Gasteiger partial charge in [-0.1, -0.05) is 28.1 Å². The molecular weight excluding hydrogens is 256 g/mol. The lowest BCUT2D eigenvalue weighted by atomic mass is 9.79. The highest BCUT2D eigenvalue weighted by Crippen LogP contribution is 2.48. The fourth-order valence-electron chi connectivity index (χ4n) is 1.80. The first-order chi connectivity index (χ1) is 7.15. The fourth-order valence-corrected chi connectivity index (χ4v) is 2.62. The van der Waals surface area contributed by atoms with Gasteiger partial charge in [0.2, 0.25) is 0 Å². The number of alkyl halides is 1. The highest BCUT2D eigenvalue weighted by Gasteiger charge is 2.35. The third-order valence-corrected chi connectivity index (χ3v) is 4.22. The van der Waals surface area contributed by atoms with Crippen LogP contribution in [0.3, 0.4) is 0 Å². The van der Waals surface area contributed by atoms with Crippen molar-refractivity contribution in [3.8, 4) is 0 Å². The molecule has 0 saturated heterocycles. The van der Waals surface area contributed by atoms with Gasteiger partial charge < -0.3 is 4.74 Å². The number of halogens is 1. The van der Waals surface area contributed by atoms with Gasteiger partial charge >= 0.3 is 5.97 Å². The quantitative estimate of drug-likeness (QED) is 0.608. The first kappa shape index (κ1) is 10.7. The molecule has 15 heavy (non-hydrogen) atoms. The molecule has 1 saturated carbocycles. The normalized spacial score (nSPS) is 18.0. The summed E-state index contributed by atoms with van der Waals surface area (Å²) in [6.45, 7) is 0. The molecule has 1 aromatic rings. The van der Waals surface area contributed by atoms with Crippen molar-refractivity contribution in [2.45, 2.75) is 23.6 Å². The second kappa shape index (κ2) is 3.97. The summed E-state index contributed by atoms with van der Waals surface area (Å²) in [7, 11) is 1.40. The second-order valence-corrected chi connectivity index (χ2v) is 5.41. The van der Waals surface area contributed by atoms with Crippen molar-refractivity contribution in [1.82, 2.24) is 0 Å². The Kier molecular flexibility index (Phi) is 2.83. The van der Waals surface area contributed by atoms with Gasteiger partial charge in [-0.2, -0.15) is 0 Å². The molecule has 1 aliphatic rings. The summed E-state index contributed by atoms with van der Waals surface area (Å²) in [4.78, 5) is 11.2. The Morgan fingerprint density at radius 3 is 2.33 bits per heavy atom. The third kappa shape index (κ3) is 1.93. The van der Waals surface area contributed by atoms with Crippen LogP contribution in [0.25, 0.3) is 0 Å². The van der Waals surface area contributed by atoms with E-state index in [2.05, 4.69) is 20.7 Å². The Bertz CT molecular complexity index is 366. The molecule has 0 atom stereocenters. The molecule has 0 spiro atoms. The molecule has 0 N–H and O–H groups in total. The standard InChI is InChI=1S/C12H13BrO2/c1-15-11(14)9-3-5-10(6-4-9)12(13)7-2-8-12/h3-6H,2,7-8H2,1H3. The molecule has 0 amide bonds. The molecule has 2 rings (SSSR count). The number of carbonyl (C=O) groups is 1. The topological polar surface area (TPSA) is 26.3 Å². The number of rotatable bonds is 2. The van der Waals surface area contributed by atoms with Gasteiger partial charge in [0, 0.05) is 0 Å². The predicted molar refractivity (Wildman–Crippen MR) is 62.2 cm³/mol. The van der Waals surface area contributed by atoms with E-state index >= 15 is 0 Å². The summed E-state index contributed by atoms with van der Waals surface area (Å²) in [6, 6.07) is 7.64. The number of hydrogen-bond acceptors (Lipinski definition) is 2. The van der Waals surface area contributed by atoms with Crippen molar-refractivity contribution < 1.29 is 9.53 Å². The van der Waals surface area contributed by atoms with Crippen LogP contribution in [0.2, 0.25) is 0 Å². The third-order valence-electron chi connectivity index (χ3n) is 2.97. The Morgan fingerprint density at radius 1 is 1.33 bits per heavy atom. The lowest BCUT2D eigenvalue weighted by molar-refractivity contribution is 0.0600. The monoisotopic (exact) mass is 268 g/mol. The maximum absolute atomic E-state index is 11.2. The number of esters is 1. The summed E-state index contributed by atoms with van der Waals surface area (Å²) < 4.78 is 4.81. The van der Waals surface area contributed by atoms with Crippen molar-refractivity contribution in [3.05, 3.63) is 35.4 Å². The number of methoxy groups -OCH3 is 1. The van der Waals surface area contributed by atoms with Gasteiger partial charge in [-0.25, -0.2) is 4.79 Å². The summed E-state index contributed by atoms with van der Waals surface area (Å²) in [5.41, 5.74) is 1.86. The molecule has 0 radical (unpaired) electrons. The van der Waals surface area contributed by atoms with E-state index in [4.69, 9.17) is 0 Å². The highest BCUT2D eigenvalue weighted by atomic mass is 79.9. The summed E-state index contributed by atoms with van der Waals surface area (Å²) in [5, 5.41) is 0. The van der Waals surface area contributed by atoms with Gasteiger partial charge in [-0.3, -0.25) is 0 Å². The van der Waals surface area contributed by atoms with E-state index < -0.39 is 0 Å². The lowest BCUT2D eigenvalue weighted by Gasteiger charge is -2.36. The zero-order valence-corrected chi connectivity index (χ0v) is 10.2. The van der Waals surface area contributed by atoms with Crippen LogP contribution in [-0.2, 0) is 9.06 Å². The summed E-state index contributed by atoms with van der Waals surface area (Å²) in [5.74, 6) is -0.279. The van der Waals surface area contributed by atoms with E-state index in [-0.39, 0.29) is 10.3 Å². The average Bonchev–Trinajstić information content (AvgIpc) is 2.25. The maximum atomic E-state index is 11.2. The Labute approximate surface area is 97.8 Å². The van der Waals surface area contributed by atoms with Crippen LogP contribution >= 0.6 is 15.9 Å². The smallest absolute Gasteiger partial charge is 0.337 e. The van der Waals surface area contributed by atoms with Crippen LogP contribution in [0.15, 0.2) is 24.3 Å². The molecule has 0 aromatic heterocycles. The van der Waals surface area contributed by atoms with Crippen LogP contribution in [0.1, 0.15) is 35.2 Å². The minimum absolute atomic E-state index is 0.154. The van der Waals surface area contributed by atoms with E-state index in [9.17, 15) is 4.79 Å². The van der Waals surface area contributed by atoms with Crippen LogP contribution in [-0.4, -0.2) is 13.1 Å². The molecule has 1 aliphatic carbocycles. The van der Waals surface area contributed by atoms with Gasteiger partial charge in [-0.15, -0.1) is 0 Å². The first-order valence-electron chi connectivity index (χ1n) is 5.03. The lowest BCUT2D eigenvalue weighted by Crippen LogP contribution is -2.26. The van der Waals surface area contributed by atoms with E-state index in [0.717, 1.165) is 0 Å². The van der Waals surface area contributed by atoms with Crippen LogP contribution in [0.4, 0.5) is 0 Å². The molecule has 3 heteroatoms. The molecular formula is C12H13BrO2. The van der Waals surface area contributed by atoms with E-state index in [1.807, 2.05) is 24.3 Å². The minimum atomic E-state index is -0.279. The highest BCUT2D eigenvalue weighted by molar-refractivity contribution is 9.09. The minimum Gasteiger partial charge on any atom is -0.465 e. The SMILES string of the molecule is COC(=O)c1ccc(C2(Br)CCC2)cc1. The van der Waals surface area contributed by atoms with Gasteiger partial charge in [0.15, 0.2) is 0 Å². The molecule has 80 valence electrons. The Balaban J connectivity index is 2.20. The molecule has 0 unspecified atom stereocenters. The number of carbonyl (C=O) groups excluding carboxylic acids is 1. The summed E-state index contributed by atoms with van der Waals surface area (Å²) >= 11 is 3.74. The van der Waals surface area contributed by atoms with E-state index in [0.29, 0.717) is 5.56 Å². The van der Waals surface area contributed by atoms with Crippen LogP contribution < -0.4 is 0 Å². The number of benzene rings is 1. The zero-order chi connectivity index (χ0) is 10.9. The van der Waals surface area contributed by atoms with Crippen LogP contribution in [0.5, 0.6) is 0 Å². The number of hydrogen-bond donors (Lipinski definition) is 0. The van der Waals surface area contributed by atoms with E-state index in [1.165, 1.54) is 31.9 Å². The first-order valence-corrected chi connectivity index (χ1v) is 5.83. The van der Waals surface area contributed by atoms with Crippen molar-refractivity contribution in [1.29, 1.82) is 0 Å². The van der Waals surface area contributed by atoms with Gasteiger partial charge in [-0.05, 0) is 37.0 Å². The van der Waals surface area contributed by atoms with Gasteiger partial charge in [0.1, 0.15) is 0 Å². The largest absolute Gasteiger partial charge is 0.465 e. The second-order valence-electron chi connectivity index (χ2n) is 3.89. The van der Waals surface area contributed by atoms with Crippen molar-refractivity contribution in [2.75, 3.05) is 7.11 Å². The predicted octanol–water partition coefficient (Wildman–Crippen LogP) is 3.25. The van der Waals surface area contributed by atoms with Crippen LogP contribution in [0, 0.1) is 0 Å². The molecule has 0 aliphatic heterocycles. The molecule has 1 aromatic carbocycles. The molecule has 0 heterocycles. The van der Waals surface area contributed by atoms with E-state index in [1.54, 1.807) is 0 Å². The average molecular weight is 269 g/mol. The van der Waals surface area contributed by atoms with Crippen molar-refractivity contribution in [2.24, 2.45) is 0 Å². The maximum Gasteiger partial charge on any atom is 0.337 e. The molecule has 0 bridgehead atoms. The fraction of sp³-hybridized carbons (Fsp3) is 0.417.